The van der Waals surface area contributed by atoms with Crippen molar-refractivity contribution >= 4 is 60.7 Å². The standard InChI is InChI=1S/C9H12BrN3O.C5H4BrClN2/c10-7-6-12-9(5-8(7)11)13-1-3-14-4-2-13;6-3-2-9-5(7)1-4(3)8/h5-6H,1-4H2,(H2,11,12);1-2H,(H2,8,9). The molecule has 1 fully saturated rings. The van der Waals surface area contributed by atoms with E-state index in [2.05, 4.69) is 46.7 Å². The number of pyridine rings is 2. The molecule has 0 unspecified atom stereocenters. The van der Waals surface area contributed by atoms with Gasteiger partial charge in [0.15, 0.2) is 0 Å². The highest BCUT2D eigenvalue weighted by molar-refractivity contribution is 9.11. The first kappa shape index (κ1) is 18.3. The predicted octanol–water partition coefficient (Wildman–Crippen LogP) is 3.34. The SMILES string of the molecule is Nc1cc(Cl)ncc1Br.Nc1cc(N2CCOCC2)ncc1Br. The first-order valence-electron chi connectivity index (χ1n) is 6.77. The number of halogens is 3. The largest absolute Gasteiger partial charge is 0.398 e. The molecule has 9 heteroatoms. The topological polar surface area (TPSA) is 90.3 Å². The third-order valence-electron chi connectivity index (χ3n) is 3.06. The number of rotatable bonds is 1. The average Bonchev–Trinajstić information content (AvgIpc) is 2.55. The zero-order valence-corrected chi connectivity index (χ0v) is 16.1. The molecule has 6 nitrogen and oxygen atoms in total. The van der Waals surface area contributed by atoms with E-state index < -0.39 is 0 Å². The Kier molecular flexibility index (Phi) is 6.88. The van der Waals surface area contributed by atoms with Crippen molar-refractivity contribution in [1.29, 1.82) is 0 Å². The van der Waals surface area contributed by atoms with Crippen LogP contribution in [0.4, 0.5) is 17.2 Å². The van der Waals surface area contributed by atoms with E-state index in [1.807, 2.05) is 6.07 Å². The van der Waals surface area contributed by atoms with Gasteiger partial charge < -0.3 is 21.1 Å². The Balaban J connectivity index is 0.000000185. The highest BCUT2D eigenvalue weighted by Crippen LogP contribution is 2.23. The summed E-state index contributed by atoms with van der Waals surface area (Å²) in [7, 11) is 0. The minimum atomic E-state index is 0.413. The lowest BCUT2D eigenvalue weighted by Crippen LogP contribution is -2.36. The molecular formula is C14H16Br2ClN5O. The second-order valence-electron chi connectivity index (χ2n) is 4.69. The van der Waals surface area contributed by atoms with Crippen molar-refractivity contribution in [2.45, 2.75) is 0 Å². The monoisotopic (exact) mass is 463 g/mol. The van der Waals surface area contributed by atoms with Crippen molar-refractivity contribution in [2.24, 2.45) is 0 Å². The van der Waals surface area contributed by atoms with Crippen LogP contribution in [0.3, 0.4) is 0 Å². The van der Waals surface area contributed by atoms with E-state index in [-0.39, 0.29) is 0 Å². The molecule has 23 heavy (non-hydrogen) atoms. The number of aromatic nitrogens is 2. The number of nitrogens with zero attached hydrogens (tertiary/aromatic N) is 3. The summed E-state index contributed by atoms with van der Waals surface area (Å²) in [6, 6.07) is 3.47. The van der Waals surface area contributed by atoms with Crippen LogP contribution in [0.25, 0.3) is 0 Å². The van der Waals surface area contributed by atoms with E-state index in [1.165, 1.54) is 0 Å². The molecule has 1 aliphatic rings. The molecule has 1 aliphatic heterocycles. The fraction of sp³-hybridized carbons (Fsp3) is 0.286. The zero-order chi connectivity index (χ0) is 16.8. The van der Waals surface area contributed by atoms with Gasteiger partial charge in [-0.1, -0.05) is 11.6 Å². The number of nitrogen functional groups attached to an aromatic ring is 2. The minimum absolute atomic E-state index is 0.413. The summed E-state index contributed by atoms with van der Waals surface area (Å²) in [5.41, 5.74) is 12.6. The molecule has 0 spiro atoms. The van der Waals surface area contributed by atoms with E-state index in [4.69, 9.17) is 27.8 Å². The molecule has 2 aromatic rings. The number of anilines is 3. The normalized spacial score (nSPS) is 14.1. The first-order chi connectivity index (χ1) is 11.0. The highest BCUT2D eigenvalue weighted by Gasteiger charge is 2.12. The molecule has 2 aromatic heterocycles. The van der Waals surface area contributed by atoms with Crippen LogP contribution < -0.4 is 16.4 Å². The molecule has 0 aromatic carbocycles. The molecule has 1 saturated heterocycles. The number of hydrogen-bond donors (Lipinski definition) is 2. The fourth-order valence-electron chi connectivity index (χ4n) is 1.84. The lowest BCUT2D eigenvalue weighted by atomic mass is 10.3. The van der Waals surface area contributed by atoms with Crippen LogP contribution in [0.1, 0.15) is 0 Å². The summed E-state index contributed by atoms with van der Waals surface area (Å²) < 4.78 is 6.88. The quantitative estimate of drug-likeness (QED) is 0.628. The van der Waals surface area contributed by atoms with E-state index in [0.29, 0.717) is 10.8 Å². The Morgan fingerprint density at radius 2 is 1.57 bits per heavy atom. The number of nitrogens with two attached hydrogens (primary N) is 2. The van der Waals surface area contributed by atoms with Gasteiger partial charge >= 0.3 is 0 Å². The van der Waals surface area contributed by atoms with E-state index >= 15 is 0 Å². The maximum Gasteiger partial charge on any atom is 0.131 e. The molecular weight excluding hydrogens is 449 g/mol. The summed E-state index contributed by atoms with van der Waals surface area (Å²) in [5, 5.41) is 0.413. The smallest absolute Gasteiger partial charge is 0.131 e. The lowest BCUT2D eigenvalue weighted by Gasteiger charge is -2.27. The number of hydrogen-bond acceptors (Lipinski definition) is 6. The Bertz CT molecular complexity index is 668. The van der Waals surface area contributed by atoms with Crippen LogP contribution in [-0.2, 0) is 4.74 Å². The van der Waals surface area contributed by atoms with Gasteiger partial charge in [0.2, 0.25) is 0 Å². The van der Waals surface area contributed by atoms with Gasteiger partial charge in [-0.3, -0.25) is 0 Å². The molecule has 124 valence electrons. The van der Waals surface area contributed by atoms with Crippen molar-refractivity contribution in [3.8, 4) is 0 Å². The summed E-state index contributed by atoms with van der Waals surface area (Å²) in [4.78, 5) is 10.3. The summed E-state index contributed by atoms with van der Waals surface area (Å²) >= 11 is 12.0. The van der Waals surface area contributed by atoms with E-state index in [0.717, 1.165) is 46.8 Å². The van der Waals surface area contributed by atoms with Crippen molar-refractivity contribution in [3.05, 3.63) is 38.6 Å². The molecule has 0 bridgehead atoms. The summed E-state index contributed by atoms with van der Waals surface area (Å²) in [6.07, 6.45) is 3.30. The lowest BCUT2D eigenvalue weighted by molar-refractivity contribution is 0.122. The molecule has 4 N–H and O–H groups in total. The molecule has 3 rings (SSSR count). The van der Waals surface area contributed by atoms with E-state index in [9.17, 15) is 0 Å². The van der Waals surface area contributed by atoms with Crippen LogP contribution in [0.5, 0.6) is 0 Å². The molecule has 0 aliphatic carbocycles. The Labute approximate surface area is 156 Å². The maximum atomic E-state index is 5.78. The molecule has 0 radical (unpaired) electrons. The second-order valence-corrected chi connectivity index (χ2v) is 6.79. The maximum absolute atomic E-state index is 5.78. The summed E-state index contributed by atoms with van der Waals surface area (Å²) in [6.45, 7) is 3.29. The predicted molar refractivity (Wildman–Crippen MR) is 101 cm³/mol. The third kappa shape index (κ3) is 5.49. The average molecular weight is 466 g/mol. The van der Waals surface area contributed by atoms with Crippen LogP contribution >= 0.6 is 43.5 Å². The second kappa shape index (κ2) is 8.68. The van der Waals surface area contributed by atoms with Crippen LogP contribution in [0.15, 0.2) is 33.5 Å². The van der Waals surface area contributed by atoms with Gasteiger partial charge in [0.05, 0.1) is 33.5 Å². The molecule has 0 saturated carbocycles. The van der Waals surface area contributed by atoms with Crippen LogP contribution in [-0.4, -0.2) is 36.3 Å². The molecule has 0 atom stereocenters. The minimum Gasteiger partial charge on any atom is -0.398 e. The number of morpholine rings is 1. The fourth-order valence-corrected chi connectivity index (χ4v) is 2.44. The summed E-state index contributed by atoms with van der Waals surface area (Å²) in [5.74, 6) is 0.925. The Morgan fingerprint density at radius 1 is 1.00 bits per heavy atom. The highest BCUT2D eigenvalue weighted by atomic mass is 79.9. The zero-order valence-electron chi connectivity index (χ0n) is 12.2. The van der Waals surface area contributed by atoms with Gasteiger partial charge in [-0.2, -0.15) is 0 Å². The van der Waals surface area contributed by atoms with Gasteiger partial charge in [-0.05, 0) is 37.9 Å². The van der Waals surface area contributed by atoms with Crippen molar-refractivity contribution in [2.75, 3.05) is 42.7 Å². The Morgan fingerprint density at radius 3 is 2.09 bits per heavy atom. The van der Waals surface area contributed by atoms with Gasteiger partial charge in [0, 0.05) is 31.5 Å². The number of ether oxygens (including phenoxy) is 1. The van der Waals surface area contributed by atoms with E-state index in [1.54, 1.807) is 18.5 Å². The molecule has 3 heterocycles. The Hall–Kier alpha value is -1.09. The van der Waals surface area contributed by atoms with Crippen molar-refractivity contribution < 1.29 is 4.74 Å². The van der Waals surface area contributed by atoms with Gasteiger partial charge in [0.25, 0.3) is 0 Å². The molecule has 0 amide bonds. The van der Waals surface area contributed by atoms with Crippen molar-refractivity contribution in [1.82, 2.24) is 9.97 Å². The third-order valence-corrected chi connectivity index (χ3v) is 4.59. The van der Waals surface area contributed by atoms with Gasteiger partial charge in [-0.15, -0.1) is 0 Å². The van der Waals surface area contributed by atoms with Gasteiger partial charge in [0.1, 0.15) is 11.0 Å². The van der Waals surface area contributed by atoms with Gasteiger partial charge in [-0.25, -0.2) is 9.97 Å². The van der Waals surface area contributed by atoms with Crippen LogP contribution in [0, 0.1) is 0 Å². The first-order valence-corrected chi connectivity index (χ1v) is 8.74. The van der Waals surface area contributed by atoms with Crippen molar-refractivity contribution in [3.63, 3.8) is 0 Å². The van der Waals surface area contributed by atoms with Crippen LogP contribution in [0.2, 0.25) is 5.15 Å².